The highest BCUT2D eigenvalue weighted by atomic mass is 35.5. The predicted octanol–water partition coefficient (Wildman–Crippen LogP) is 2.13. The highest BCUT2D eigenvalue weighted by Crippen LogP contribution is 2.28. The van der Waals surface area contributed by atoms with E-state index in [2.05, 4.69) is 10.5 Å². The monoisotopic (exact) mass is 425 g/mol. The minimum absolute atomic E-state index is 0.0460. The van der Waals surface area contributed by atoms with E-state index < -0.39 is 22.5 Å². The Morgan fingerprint density at radius 3 is 2.43 bits per heavy atom. The van der Waals surface area contributed by atoms with E-state index in [0.29, 0.717) is 11.5 Å². The molecule has 0 heterocycles. The van der Waals surface area contributed by atoms with Crippen molar-refractivity contribution in [1.29, 1.82) is 0 Å². The number of carbonyl (C=O) groups is 1. The van der Waals surface area contributed by atoms with Gasteiger partial charge in [0.1, 0.15) is 11.5 Å². The van der Waals surface area contributed by atoms with Crippen LogP contribution in [0.4, 0.5) is 0 Å². The van der Waals surface area contributed by atoms with Gasteiger partial charge in [-0.05, 0) is 48.0 Å². The van der Waals surface area contributed by atoms with Gasteiger partial charge in [-0.25, -0.2) is 13.8 Å². The molecular formula is C18H20ClN3O5S. The third-order valence-electron chi connectivity index (χ3n) is 3.72. The van der Waals surface area contributed by atoms with Crippen molar-refractivity contribution in [3.8, 4) is 11.5 Å². The first-order valence-electron chi connectivity index (χ1n) is 8.03. The number of hydrogen-bond donors (Lipinski definition) is 1. The van der Waals surface area contributed by atoms with Crippen LogP contribution in [0.25, 0.3) is 0 Å². The van der Waals surface area contributed by atoms with Crippen molar-refractivity contribution in [2.24, 2.45) is 5.10 Å². The van der Waals surface area contributed by atoms with Gasteiger partial charge in [-0.15, -0.1) is 0 Å². The van der Waals surface area contributed by atoms with Crippen molar-refractivity contribution in [2.75, 3.05) is 27.8 Å². The van der Waals surface area contributed by atoms with Gasteiger partial charge >= 0.3 is 0 Å². The summed E-state index contributed by atoms with van der Waals surface area (Å²) in [5.74, 6) is 0.468. The number of sulfonamides is 1. The molecule has 1 N–H and O–H groups in total. The van der Waals surface area contributed by atoms with E-state index in [1.807, 2.05) is 0 Å². The Balaban J connectivity index is 1.98. The molecule has 0 aliphatic rings. The van der Waals surface area contributed by atoms with Gasteiger partial charge < -0.3 is 9.47 Å². The molecule has 150 valence electrons. The molecule has 28 heavy (non-hydrogen) atoms. The summed E-state index contributed by atoms with van der Waals surface area (Å²) in [6.07, 6.45) is 1.44. The van der Waals surface area contributed by atoms with Crippen LogP contribution in [0.15, 0.2) is 52.5 Å². The van der Waals surface area contributed by atoms with Gasteiger partial charge in [-0.3, -0.25) is 4.79 Å². The van der Waals surface area contributed by atoms with Crippen molar-refractivity contribution < 1.29 is 22.7 Å². The smallest absolute Gasteiger partial charge is 0.255 e. The highest BCUT2D eigenvalue weighted by molar-refractivity contribution is 7.89. The van der Waals surface area contributed by atoms with E-state index in [9.17, 15) is 13.2 Å². The van der Waals surface area contributed by atoms with Gasteiger partial charge in [0.25, 0.3) is 5.91 Å². The first kappa shape index (κ1) is 21.7. The van der Waals surface area contributed by atoms with Gasteiger partial charge in [0.15, 0.2) is 0 Å². The number of nitrogens with one attached hydrogen (secondary N) is 1. The molecule has 0 aliphatic heterocycles. The van der Waals surface area contributed by atoms with Gasteiger partial charge in [0.2, 0.25) is 10.0 Å². The minimum Gasteiger partial charge on any atom is -0.497 e. The number of hydrazone groups is 1. The molecule has 0 saturated heterocycles. The number of halogens is 1. The first-order valence-corrected chi connectivity index (χ1v) is 9.85. The number of ether oxygens (including phenoxy) is 2. The Kier molecular flexibility index (Phi) is 7.38. The number of likely N-dealkylation sites (N-methyl/N-ethyl adjacent to an activating group) is 1. The molecule has 10 heteroatoms. The molecule has 1 amide bonds. The molecule has 0 atom stereocenters. The molecule has 0 saturated carbocycles. The van der Waals surface area contributed by atoms with Gasteiger partial charge in [0, 0.05) is 7.05 Å². The third kappa shape index (κ3) is 5.44. The van der Waals surface area contributed by atoms with Crippen molar-refractivity contribution in [3.63, 3.8) is 0 Å². The van der Waals surface area contributed by atoms with Crippen molar-refractivity contribution in [3.05, 3.63) is 53.1 Å². The molecular weight excluding hydrogens is 406 g/mol. The maximum atomic E-state index is 12.6. The summed E-state index contributed by atoms with van der Waals surface area (Å²) < 4.78 is 36.1. The SMILES string of the molecule is COc1ccc(/C=N/NC(=O)CN(C)S(=O)(=O)c2ccc(OC)c(Cl)c2)cc1. The van der Waals surface area contributed by atoms with Crippen molar-refractivity contribution >= 4 is 33.7 Å². The fourth-order valence-electron chi connectivity index (χ4n) is 2.18. The van der Waals surface area contributed by atoms with Crippen LogP contribution in [0, 0.1) is 0 Å². The number of rotatable bonds is 8. The molecule has 0 spiro atoms. The number of benzene rings is 2. The molecule has 0 bridgehead atoms. The lowest BCUT2D eigenvalue weighted by Gasteiger charge is -2.16. The Morgan fingerprint density at radius 2 is 1.86 bits per heavy atom. The fourth-order valence-corrected chi connectivity index (χ4v) is 3.66. The van der Waals surface area contributed by atoms with Crippen molar-refractivity contribution in [2.45, 2.75) is 4.90 Å². The lowest BCUT2D eigenvalue weighted by molar-refractivity contribution is -0.121. The lowest BCUT2D eigenvalue weighted by atomic mass is 10.2. The predicted molar refractivity (Wildman–Crippen MR) is 107 cm³/mol. The van der Waals surface area contributed by atoms with E-state index in [1.165, 1.54) is 38.6 Å². The number of methoxy groups -OCH3 is 2. The van der Waals surface area contributed by atoms with Crippen LogP contribution in [-0.2, 0) is 14.8 Å². The third-order valence-corrected chi connectivity index (χ3v) is 5.81. The molecule has 0 radical (unpaired) electrons. The number of hydrogen-bond acceptors (Lipinski definition) is 6. The minimum atomic E-state index is -3.90. The maximum absolute atomic E-state index is 12.6. The summed E-state index contributed by atoms with van der Waals surface area (Å²) in [6.45, 7) is -0.411. The zero-order valence-electron chi connectivity index (χ0n) is 15.5. The second kappa shape index (κ2) is 9.54. The number of carbonyl (C=O) groups excluding carboxylic acids is 1. The summed E-state index contributed by atoms with van der Waals surface area (Å²) in [5.41, 5.74) is 3.04. The van der Waals surface area contributed by atoms with Gasteiger partial charge in [0.05, 0.1) is 36.9 Å². The van der Waals surface area contributed by atoms with Crippen LogP contribution < -0.4 is 14.9 Å². The second-order valence-electron chi connectivity index (χ2n) is 5.62. The van der Waals surface area contributed by atoms with E-state index >= 15 is 0 Å². The van der Waals surface area contributed by atoms with Gasteiger partial charge in [-0.2, -0.15) is 9.41 Å². The zero-order chi connectivity index (χ0) is 20.7. The molecule has 0 fully saturated rings. The molecule has 8 nitrogen and oxygen atoms in total. The number of amides is 1. The van der Waals surface area contributed by atoms with Crippen LogP contribution in [-0.4, -0.2) is 52.7 Å². The molecule has 2 aromatic rings. The van der Waals surface area contributed by atoms with E-state index in [4.69, 9.17) is 21.1 Å². The summed E-state index contributed by atoms with van der Waals surface area (Å²) in [4.78, 5) is 11.9. The Bertz CT molecular complexity index is 962. The second-order valence-corrected chi connectivity index (χ2v) is 8.08. The summed E-state index contributed by atoms with van der Waals surface area (Å²) in [7, 11) is 0.384. The van der Waals surface area contributed by atoms with Crippen LogP contribution in [0.5, 0.6) is 11.5 Å². The lowest BCUT2D eigenvalue weighted by Crippen LogP contribution is -2.36. The summed E-state index contributed by atoms with van der Waals surface area (Å²) in [6, 6.07) is 11.1. The van der Waals surface area contributed by atoms with E-state index in [0.717, 1.165) is 9.87 Å². The average Bonchev–Trinajstić information content (AvgIpc) is 2.68. The summed E-state index contributed by atoms with van der Waals surface area (Å²) >= 11 is 5.98. The molecule has 0 aliphatic carbocycles. The quantitative estimate of drug-likeness (QED) is 0.516. The van der Waals surface area contributed by atoms with Gasteiger partial charge in [-0.1, -0.05) is 11.6 Å². The van der Waals surface area contributed by atoms with Crippen LogP contribution in [0.3, 0.4) is 0 Å². The molecule has 0 unspecified atom stereocenters. The normalized spacial score (nSPS) is 11.6. The molecule has 2 aromatic carbocycles. The topological polar surface area (TPSA) is 97.3 Å². The zero-order valence-corrected chi connectivity index (χ0v) is 17.1. The Hall–Kier alpha value is -2.62. The first-order chi connectivity index (χ1) is 13.3. The highest BCUT2D eigenvalue weighted by Gasteiger charge is 2.23. The van der Waals surface area contributed by atoms with Crippen LogP contribution in [0.2, 0.25) is 5.02 Å². The Labute approximate surface area is 168 Å². The van der Waals surface area contributed by atoms with E-state index in [1.54, 1.807) is 31.4 Å². The van der Waals surface area contributed by atoms with Crippen molar-refractivity contribution in [1.82, 2.24) is 9.73 Å². The largest absolute Gasteiger partial charge is 0.497 e. The standard InChI is InChI=1S/C18H20ClN3O5S/c1-22(28(24,25)15-8-9-17(27-3)16(19)10-15)12-18(23)21-20-11-13-4-6-14(26-2)7-5-13/h4-11H,12H2,1-3H3,(H,21,23)/b20-11+. The molecule has 0 aromatic heterocycles. The van der Waals surface area contributed by atoms with Crippen LogP contribution in [0.1, 0.15) is 5.56 Å². The fraction of sp³-hybridized carbons (Fsp3) is 0.222. The molecule has 2 rings (SSSR count). The van der Waals surface area contributed by atoms with E-state index in [-0.39, 0.29) is 9.92 Å². The summed E-state index contributed by atoms with van der Waals surface area (Å²) in [5, 5.41) is 3.98. The number of nitrogens with zero attached hydrogens (tertiary/aromatic N) is 2. The average molecular weight is 426 g/mol. The maximum Gasteiger partial charge on any atom is 0.255 e. The van der Waals surface area contributed by atoms with Crippen LogP contribution >= 0.6 is 11.6 Å². The Morgan fingerprint density at radius 1 is 1.18 bits per heavy atom.